The highest BCUT2D eigenvalue weighted by Crippen LogP contribution is 2.36. The Balaban J connectivity index is 1.53. The lowest BCUT2D eigenvalue weighted by Crippen LogP contribution is -2.38. The molecule has 1 aliphatic rings. The summed E-state index contributed by atoms with van der Waals surface area (Å²) in [6.45, 7) is 1.67. The van der Waals surface area contributed by atoms with Gasteiger partial charge in [-0.2, -0.15) is 0 Å². The summed E-state index contributed by atoms with van der Waals surface area (Å²) in [5, 5.41) is 2.15. The average molecular weight is 416 g/mol. The van der Waals surface area contributed by atoms with Crippen molar-refractivity contribution in [1.82, 2.24) is 4.90 Å². The molecule has 2 aromatic rings. The summed E-state index contributed by atoms with van der Waals surface area (Å²) in [6, 6.07) is 13.3. The van der Waals surface area contributed by atoms with Crippen LogP contribution in [-0.4, -0.2) is 41.1 Å². The van der Waals surface area contributed by atoms with E-state index in [0.717, 1.165) is 10.6 Å². The number of thioether (sulfide) groups is 1. The molecule has 3 rings (SSSR count). The molecule has 29 heavy (non-hydrogen) atoms. The van der Waals surface area contributed by atoms with Crippen LogP contribution < -0.4 is 5.32 Å². The molecule has 2 aromatic carbocycles. The molecule has 0 fully saturated rings. The lowest BCUT2D eigenvalue weighted by atomic mass is 10.2. The van der Waals surface area contributed by atoms with E-state index in [-0.39, 0.29) is 24.7 Å². The smallest absolute Gasteiger partial charge is 0.308 e. The van der Waals surface area contributed by atoms with Gasteiger partial charge in [0.05, 0.1) is 17.4 Å². The highest BCUT2D eigenvalue weighted by Gasteiger charge is 2.31. The number of hydrogen-bond acceptors (Lipinski definition) is 5. The number of para-hydroxylation sites is 1. The van der Waals surface area contributed by atoms with Crippen LogP contribution in [0.3, 0.4) is 0 Å². The number of nitrogens with zero attached hydrogens (tertiary/aromatic N) is 1. The van der Waals surface area contributed by atoms with Gasteiger partial charge < -0.3 is 15.0 Å². The van der Waals surface area contributed by atoms with Gasteiger partial charge in [-0.05, 0) is 36.8 Å². The van der Waals surface area contributed by atoms with E-state index in [0.29, 0.717) is 5.56 Å². The van der Waals surface area contributed by atoms with E-state index >= 15 is 0 Å². The summed E-state index contributed by atoms with van der Waals surface area (Å²) in [7, 11) is 1.55. The average Bonchev–Trinajstić information content (AvgIpc) is 2.67. The standard InChI is InChI=1S/C21H21FN2O4S/c1-13(21(27)24(2)12-14-6-5-7-15(22)10-14)28-19(25)11-18-20(26)23-16-8-3-4-9-17(16)29-18/h3-10,13,18H,11-12H2,1-2H3,(H,23,26)/t13-,18+/m1/s1. The Morgan fingerprint density at radius 1 is 1.24 bits per heavy atom. The van der Waals surface area contributed by atoms with Crippen molar-refractivity contribution in [3.63, 3.8) is 0 Å². The molecule has 6 nitrogen and oxygen atoms in total. The van der Waals surface area contributed by atoms with Crippen molar-refractivity contribution in [1.29, 1.82) is 0 Å². The molecule has 1 N–H and O–H groups in total. The van der Waals surface area contributed by atoms with Gasteiger partial charge in [-0.25, -0.2) is 4.39 Å². The molecule has 0 bridgehead atoms. The minimum Gasteiger partial charge on any atom is -0.452 e. The molecular weight excluding hydrogens is 395 g/mol. The molecule has 0 saturated heterocycles. The summed E-state index contributed by atoms with van der Waals surface area (Å²) < 4.78 is 18.5. The fraction of sp³-hybridized carbons (Fsp3) is 0.286. The number of likely N-dealkylation sites (N-methyl/N-ethyl adjacent to an activating group) is 1. The lowest BCUT2D eigenvalue weighted by Gasteiger charge is -2.25. The maximum absolute atomic E-state index is 13.3. The fourth-order valence-corrected chi connectivity index (χ4v) is 4.07. The first-order valence-electron chi connectivity index (χ1n) is 9.09. The lowest BCUT2D eigenvalue weighted by molar-refractivity contribution is -0.159. The zero-order chi connectivity index (χ0) is 21.0. The van der Waals surface area contributed by atoms with Crippen LogP contribution in [0, 0.1) is 5.82 Å². The van der Waals surface area contributed by atoms with Crippen molar-refractivity contribution < 1.29 is 23.5 Å². The summed E-state index contributed by atoms with van der Waals surface area (Å²) in [6.07, 6.45) is -1.15. The van der Waals surface area contributed by atoms with Gasteiger partial charge in [-0.15, -0.1) is 11.8 Å². The molecule has 0 unspecified atom stereocenters. The molecule has 2 amide bonds. The van der Waals surface area contributed by atoms with E-state index in [1.165, 1.54) is 35.7 Å². The largest absolute Gasteiger partial charge is 0.452 e. The van der Waals surface area contributed by atoms with Gasteiger partial charge in [0.15, 0.2) is 6.10 Å². The number of nitrogens with one attached hydrogen (secondary N) is 1. The fourth-order valence-electron chi connectivity index (χ4n) is 2.97. The molecule has 0 spiro atoms. The Labute approximate surface area is 172 Å². The molecule has 0 aliphatic carbocycles. The minimum absolute atomic E-state index is 0.143. The maximum Gasteiger partial charge on any atom is 0.308 e. The quantitative estimate of drug-likeness (QED) is 0.732. The molecule has 1 aliphatic heterocycles. The molecular formula is C21H21FN2O4S. The van der Waals surface area contributed by atoms with Gasteiger partial charge in [0.2, 0.25) is 5.91 Å². The monoisotopic (exact) mass is 416 g/mol. The number of ether oxygens (including phenoxy) is 1. The number of benzene rings is 2. The summed E-state index contributed by atoms with van der Waals surface area (Å²) in [5.74, 6) is -1.69. The van der Waals surface area contributed by atoms with Crippen molar-refractivity contribution >= 4 is 35.2 Å². The van der Waals surface area contributed by atoms with E-state index in [1.54, 1.807) is 25.2 Å². The van der Waals surface area contributed by atoms with Gasteiger partial charge in [0.1, 0.15) is 5.82 Å². The number of carbonyl (C=O) groups excluding carboxylic acids is 3. The second-order valence-corrected chi connectivity index (χ2v) is 8.00. The summed E-state index contributed by atoms with van der Waals surface area (Å²) >= 11 is 1.29. The number of anilines is 1. The van der Waals surface area contributed by atoms with Crippen LogP contribution in [-0.2, 0) is 25.7 Å². The van der Waals surface area contributed by atoms with Crippen molar-refractivity contribution in [3.8, 4) is 0 Å². The Morgan fingerprint density at radius 2 is 2.00 bits per heavy atom. The van der Waals surface area contributed by atoms with Gasteiger partial charge in [-0.1, -0.05) is 24.3 Å². The number of halogens is 1. The highest BCUT2D eigenvalue weighted by molar-refractivity contribution is 8.01. The SMILES string of the molecule is C[C@@H](OC(=O)C[C@@H]1Sc2ccccc2NC1=O)C(=O)N(C)Cc1cccc(F)c1. The van der Waals surface area contributed by atoms with Crippen molar-refractivity contribution in [2.24, 2.45) is 0 Å². The number of carbonyl (C=O) groups is 3. The van der Waals surface area contributed by atoms with Crippen LogP contribution in [0.2, 0.25) is 0 Å². The molecule has 0 saturated carbocycles. The maximum atomic E-state index is 13.3. The second kappa shape index (κ2) is 9.09. The summed E-state index contributed by atoms with van der Waals surface area (Å²) in [5.41, 5.74) is 1.35. The van der Waals surface area contributed by atoms with E-state index in [9.17, 15) is 18.8 Å². The van der Waals surface area contributed by atoms with Gasteiger partial charge in [0, 0.05) is 18.5 Å². The third kappa shape index (κ3) is 5.35. The highest BCUT2D eigenvalue weighted by atomic mass is 32.2. The van der Waals surface area contributed by atoms with E-state index in [4.69, 9.17) is 4.74 Å². The topological polar surface area (TPSA) is 75.7 Å². The third-order valence-corrected chi connectivity index (χ3v) is 5.67. The van der Waals surface area contributed by atoms with Crippen molar-refractivity contribution in [2.75, 3.05) is 12.4 Å². The first-order chi connectivity index (χ1) is 13.8. The van der Waals surface area contributed by atoms with Gasteiger partial charge in [0.25, 0.3) is 5.91 Å². The Kier molecular flexibility index (Phi) is 6.53. The molecule has 152 valence electrons. The third-order valence-electron chi connectivity index (χ3n) is 4.40. The predicted octanol–water partition coefficient (Wildman–Crippen LogP) is 3.22. The number of esters is 1. The van der Waals surface area contributed by atoms with E-state index in [1.807, 2.05) is 18.2 Å². The number of fused-ring (bicyclic) bond motifs is 1. The van der Waals surface area contributed by atoms with Crippen LogP contribution in [0.25, 0.3) is 0 Å². The van der Waals surface area contributed by atoms with Crippen LogP contribution in [0.4, 0.5) is 10.1 Å². The zero-order valence-corrected chi connectivity index (χ0v) is 16.9. The molecule has 8 heteroatoms. The number of hydrogen-bond donors (Lipinski definition) is 1. The minimum atomic E-state index is -1.01. The Bertz CT molecular complexity index is 936. The van der Waals surface area contributed by atoms with Crippen molar-refractivity contribution in [2.45, 2.75) is 36.1 Å². The van der Waals surface area contributed by atoms with Crippen LogP contribution in [0.5, 0.6) is 0 Å². The van der Waals surface area contributed by atoms with Crippen molar-refractivity contribution in [3.05, 3.63) is 59.9 Å². The van der Waals surface area contributed by atoms with Crippen LogP contribution in [0.1, 0.15) is 18.9 Å². The first-order valence-corrected chi connectivity index (χ1v) is 9.97. The normalized spacial score (nSPS) is 16.4. The summed E-state index contributed by atoms with van der Waals surface area (Å²) in [4.78, 5) is 39.2. The first kappa shape index (κ1) is 20.9. The second-order valence-electron chi connectivity index (χ2n) is 6.75. The van der Waals surface area contributed by atoms with Gasteiger partial charge in [-0.3, -0.25) is 14.4 Å². The zero-order valence-electron chi connectivity index (χ0n) is 16.1. The van der Waals surface area contributed by atoms with Crippen LogP contribution in [0.15, 0.2) is 53.4 Å². The molecule has 2 atom stereocenters. The molecule has 0 aromatic heterocycles. The Hall–Kier alpha value is -2.87. The van der Waals surface area contributed by atoms with Crippen LogP contribution >= 0.6 is 11.8 Å². The number of rotatable bonds is 6. The molecule has 0 radical (unpaired) electrons. The van der Waals surface area contributed by atoms with Gasteiger partial charge >= 0.3 is 5.97 Å². The van der Waals surface area contributed by atoms with E-state index in [2.05, 4.69) is 5.32 Å². The Morgan fingerprint density at radius 3 is 2.76 bits per heavy atom. The van der Waals surface area contributed by atoms with E-state index < -0.39 is 23.2 Å². The predicted molar refractivity (Wildman–Crippen MR) is 108 cm³/mol. The number of amides is 2. The molecule has 1 heterocycles.